The van der Waals surface area contributed by atoms with Crippen molar-refractivity contribution in [2.75, 3.05) is 6.61 Å². The molecular formula is C23H30ClF2N2O4P. The lowest BCUT2D eigenvalue weighted by Crippen LogP contribution is -2.70. The van der Waals surface area contributed by atoms with E-state index in [9.17, 15) is 28.3 Å². The fourth-order valence-corrected chi connectivity index (χ4v) is 5.49. The second-order valence-corrected chi connectivity index (χ2v) is 10.2. The highest BCUT2D eigenvalue weighted by atomic mass is 35.5. The van der Waals surface area contributed by atoms with Gasteiger partial charge in [0.25, 0.3) is 5.66 Å². The number of rotatable bonds is 8. The fraction of sp³-hybridized carbons (Fsp3) is 0.609. The van der Waals surface area contributed by atoms with Crippen LogP contribution in [0.4, 0.5) is 13.6 Å². The van der Waals surface area contributed by atoms with Crippen molar-refractivity contribution in [1.29, 1.82) is 0 Å². The number of aliphatic hydroxyl groups is 1. The molecule has 1 heterocycles. The minimum absolute atomic E-state index is 0.270. The van der Waals surface area contributed by atoms with Crippen LogP contribution in [0.2, 0.25) is 5.02 Å². The second-order valence-electron chi connectivity index (χ2n) is 8.99. The van der Waals surface area contributed by atoms with E-state index in [1.165, 1.54) is 9.24 Å². The third-order valence-corrected chi connectivity index (χ3v) is 7.36. The maximum absolute atomic E-state index is 14.3. The molecule has 0 radical (unpaired) electrons. The van der Waals surface area contributed by atoms with Crippen molar-refractivity contribution in [2.24, 2.45) is 11.8 Å². The Morgan fingerprint density at radius 3 is 2.58 bits per heavy atom. The zero-order chi connectivity index (χ0) is 24.3. The molecule has 33 heavy (non-hydrogen) atoms. The highest BCUT2D eigenvalue weighted by molar-refractivity contribution is 7.18. The van der Waals surface area contributed by atoms with E-state index in [0.29, 0.717) is 29.2 Å². The number of aryl methyl sites for hydroxylation is 2. The molecule has 0 aromatic heterocycles. The third-order valence-electron chi connectivity index (χ3n) is 6.77. The number of Topliss-reactive ketones (excluding diaryl/α,β-unsaturated/α-hetero) is 1. The van der Waals surface area contributed by atoms with Gasteiger partial charge in [0.2, 0.25) is 5.91 Å². The summed E-state index contributed by atoms with van der Waals surface area (Å²) < 4.78 is 28.6. The zero-order valence-electron chi connectivity index (χ0n) is 18.5. The predicted octanol–water partition coefficient (Wildman–Crippen LogP) is 4.10. The molecule has 1 aliphatic carbocycles. The molecule has 1 aromatic carbocycles. The van der Waals surface area contributed by atoms with Gasteiger partial charge in [0, 0.05) is 5.02 Å². The number of hydrogen-bond donors (Lipinski definition) is 2. The molecule has 2 unspecified atom stereocenters. The van der Waals surface area contributed by atoms with Gasteiger partial charge in [-0.15, -0.1) is 0 Å². The van der Waals surface area contributed by atoms with Crippen LogP contribution < -0.4 is 5.32 Å². The van der Waals surface area contributed by atoms with Gasteiger partial charge >= 0.3 is 6.03 Å². The number of likely N-dealkylation sites (tertiary alicyclic amines) is 1. The molecular weight excluding hydrogens is 473 g/mol. The Labute approximate surface area is 199 Å². The number of nitrogens with one attached hydrogen (secondary N) is 1. The van der Waals surface area contributed by atoms with Gasteiger partial charge < -0.3 is 10.4 Å². The first-order chi connectivity index (χ1) is 15.5. The molecule has 3 rings (SSSR count). The van der Waals surface area contributed by atoms with Gasteiger partial charge in [0.1, 0.15) is 18.7 Å². The van der Waals surface area contributed by atoms with Gasteiger partial charge in [-0.05, 0) is 61.8 Å². The van der Waals surface area contributed by atoms with E-state index in [4.69, 9.17) is 11.6 Å². The summed E-state index contributed by atoms with van der Waals surface area (Å²) in [6.07, 6.45) is 4.40. The van der Waals surface area contributed by atoms with Crippen LogP contribution in [0.5, 0.6) is 0 Å². The molecule has 2 aliphatic rings. The molecule has 0 spiro atoms. The Hall–Kier alpha value is -1.63. The Balaban J connectivity index is 1.73. The summed E-state index contributed by atoms with van der Waals surface area (Å²) in [5.41, 5.74) is -1.37. The van der Waals surface area contributed by atoms with Crippen molar-refractivity contribution in [1.82, 2.24) is 10.2 Å². The number of hydrogen-bond acceptors (Lipinski definition) is 4. The predicted molar refractivity (Wildman–Crippen MR) is 124 cm³/mol. The number of halogens is 3. The second kappa shape index (κ2) is 10.7. The van der Waals surface area contributed by atoms with Crippen LogP contribution in [0.15, 0.2) is 18.2 Å². The number of alkyl halides is 2. The molecule has 6 nitrogen and oxygen atoms in total. The lowest BCUT2D eigenvalue weighted by Gasteiger charge is -2.45. The SMILES string of the molecule is Cc1ccc(Cl)cc1CC[C@H]1C(=O)N(C(=O)NC(C2CCCCC2)C(F)(F)P)[C@@H]1C(=O)CO. The van der Waals surface area contributed by atoms with Gasteiger partial charge in [0.15, 0.2) is 5.78 Å². The van der Waals surface area contributed by atoms with Crippen molar-refractivity contribution >= 4 is 38.6 Å². The van der Waals surface area contributed by atoms with Crippen LogP contribution in [0.1, 0.15) is 49.7 Å². The number of imide groups is 1. The molecule has 1 saturated heterocycles. The summed E-state index contributed by atoms with van der Waals surface area (Å²) in [7, 11) is 1.48. The molecule has 3 amide bonds. The fourth-order valence-electron chi connectivity index (χ4n) is 4.94. The monoisotopic (exact) mass is 502 g/mol. The van der Waals surface area contributed by atoms with Crippen LogP contribution in [-0.2, 0) is 16.0 Å². The number of carbonyl (C=O) groups is 3. The van der Waals surface area contributed by atoms with E-state index in [2.05, 4.69) is 5.32 Å². The lowest BCUT2D eigenvalue weighted by atomic mass is 9.80. The van der Waals surface area contributed by atoms with E-state index in [0.717, 1.165) is 30.4 Å². The number of aliphatic hydroxyl groups excluding tert-OH is 1. The van der Waals surface area contributed by atoms with E-state index < -0.39 is 53.9 Å². The normalized spacial score (nSPS) is 22.6. The molecule has 1 saturated carbocycles. The third kappa shape index (κ3) is 5.90. The van der Waals surface area contributed by atoms with Gasteiger partial charge in [-0.3, -0.25) is 14.5 Å². The first-order valence-electron chi connectivity index (χ1n) is 11.2. The summed E-state index contributed by atoms with van der Waals surface area (Å²) in [6.45, 7) is 1.05. The number of benzene rings is 1. The number of β-lactam (4-membered cyclic amide) rings is 1. The quantitative estimate of drug-likeness (QED) is 0.414. The number of carbonyl (C=O) groups excluding carboxylic acids is 3. The largest absolute Gasteiger partial charge is 0.388 e. The smallest absolute Gasteiger partial charge is 0.325 e. The highest BCUT2D eigenvalue weighted by Crippen LogP contribution is 2.38. The molecule has 0 bridgehead atoms. The average molecular weight is 503 g/mol. The molecule has 182 valence electrons. The first kappa shape index (κ1) is 26.0. The minimum atomic E-state index is -3.26. The van der Waals surface area contributed by atoms with Crippen LogP contribution in [0.25, 0.3) is 0 Å². The maximum Gasteiger partial charge on any atom is 0.325 e. The number of nitrogens with zero attached hydrogens (tertiary/aromatic N) is 1. The van der Waals surface area contributed by atoms with Gasteiger partial charge in [0.05, 0.1) is 5.92 Å². The first-order valence-corrected chi connectivity index (χ1v) is 12.2. The molecule has 1 aromatic rings. The molecule has 2 fully saturated rings. The summed E-state index contributed by atoms with van der Waals surface area (Å²) in [6, 6.07) is 1.74. The summed E-state index contributed by atoms with van der Waals surface area (Å²) >= 11 is 6.05. The van der Waals surface area contributed by atoms with E-state index >= 15 is 0 Å². The molecule has 1 aliphatic heterocycles. The van der Waals surface area contributed by atoms with Crippen molar-refractivity contribution in [3.8, 4) is 0 Å². The summed E-state index contributed by atoms with van der Waals surface area (Å²) in [4.78, 5) is 38.8. The summed E-state index contributed by atoms with van der Waals surface area (Å²) in [5.74, 6) is -2.52. The molecule has 10 heteroatoms. The van der Waals surface area contributed by atoms with Crippen molar-refractivity contribution in [3.63, 3.8) is 0 Å². The van der Waals surface area contributed by atoms with Gasteiger partial charge in [-0.25, -0.2) is 13.6 Å². The van der Waals surface area contributed by atoms with Crippen molar-refractivity contribution in [3.05, 3.63) is 34.3 Å². The Kier molecular flexibility index (Phi) is 8.46. The highest BCUT2D eigenvalue weighted by Gasteiger charge is 2.54. The Bertz CT molecular complexity index is 905. The minimum Gasteiger partial charge on any atom is -0.388 e. The molecule has 4 atom stereocenters. The van der Waals surface area contributed by atoms with Crippen LogP contribution in [0.3, 0.4) is 0 Å². The van der Waals surface area contributed by atoms with Crippen molar-refractivity contribution < 1.29 is 28.3 Å². The summed E-state index contributed by atoms with van der Waals surface area (Å²) in [5, 5.41) is 12.3. The van der Waals surface area contributed by atoms with Crippen LogP contribution in [0, 0.1) is 18.8 Å². The Morgan fingerprint density at radius 2 is 1.97 bits per heavy atom. The molecule has 2 N–H and O–H groups in total. The Morgan fingerprint density at radius 1 is 1.30 bits per heavy atom. The topological polar surface area (TPSA) is 86.7 Å². The van der Waals surface area contributed by atoms with E-state index in [1.807, 2.05) is 13.0 Å². The number of urea groups is 1. The number of amides is 3. The van der Waals surface area contributed by atoms with Crippen LogP contribution in [-0.4, -0.2) is 52.1 Å². The van der Waals surface area contributed by atoms with Gasteiger partial charge in [-0.2, -0.15) is 0 Å². The number of ketones is 1. The van der Waals surface area contributed by atoms with Crippen LogP contribution >= 0.6 is 20.8 Å². The van der Waals surface area contributed by atoms with Crippen molar-refractivity contribution in [2.45, 2.75) is 69.6 Å². The average Bonchev–Trinajstić information content (AvgIpc) is 2.77. The van der Waals surface area contributed by atoms with E-state index in [-0.39, 0.29) is 6.42 Å². The zero-order valence-corrected chi connectivity index (χ0v) is 20.4. The standard InChI is InChI=1S/C23H30ClF2N2O4P/c1-13-7-9-16(24)11-15(13)8-10-17-19(18(30)12-29)28(21(17)31)22(32)27-20(23(25,26)33)14-5-3-2-4-6-14/h7,9,11,14,17,19-20,29H,2-6,8,10,12,33H2,1H3,(H,27,32)/t17-,19+,20?/m1/s1. The van der Waals surface area contributed by atoms with Gasteiger partial charge in [-0.1, -0.05) is 46.2 Å². The maximum atomic E-state index is 14.3. The van der Waals surface area contributed by atoms with E-state index in [1.54, 1.807) is 12.1 Å². The lowest BCUT2D eigenvalue weighted by molar-refractivity contribution is -0.158.